The lowest BCUT2D eigenvalue weighted by Gasteiger charge is -2.34. The van der Waals surface area contributed by atoms with E-state index in [2.05, 4.69) is 10.3 Å². The molecule has 7 nitrogen and oxygen atoms in total. The van der Waals surface area contributed by atoms with Gasteiger partial charge >= 0.3 is 6.09 Å². The summed E-state index contributed by atoms with van der Waals surface area (Å²) >= 11 is 0. The molecule has 2 heterocycles. The van der Waals surface area contributed by atoms with Crippen molar-refractivity contribution in [1.82, 2.24) is 15.2 Å². The maximum atomic E-state index is 13.2. The van der Waals surface area contributed by atoms with Gasteiger partial charge in [0.2, 0.25) is 5.91 Å². The van der Waals surface area contributed by atoms with E-state index in [-0.39, 0.29) is 17.9 Å². The Morgan fingerprint density at radius 2 is 2.00 bits per heavy atom. The second-order valence-corrected chi connectivity index (χ2v) is 8.74. The van der Waals surface area contributed by atoms with E-state index >= 15 is 0 Å². The van der Waals surface area contributed by atoms with Gasteiger partial charge in [-0.05, 0) is 63.4 Å². The summed E-state index contributed by atoms with van der Waals surface area (Å²) in [6, 6.07) is 12.8. The molecule has 31 heavy (non-hydrogen) atoms. The Morgan fingerprint density at radius 3 is 2.68 bits per heavy atom. The van der Waals surface area contributed by atoms with Crippen molar-refractivity contribution in [1.29, 1.82) is 0 Å². The molecule has 0 saturated carbocycles. The highest BCUT2D eigenvalue weighted by atomic mass is 16.6. The SMILES string of the molecule is COc1cccc(C(NC(=O)C2CCCN(C(=O)OC(C)(C)C)C2)c2ccccn2)c1. The van der Waals surface area contributed by atoms with Crippen LogP contribution < -0.4 is 10.1 Å². The number of amides is 2. The number of rotatable bonds is 5. The minimum absolute atomic E-state index is 0.105. The predicted molar refractivity (Wildman–Crippen MR) is 118 cm³/mol. The second kappa shape index (κ2) is 9.81. The van der Waals surface area contributed by atoms with Crippen molar-refractivity contribution >= 4 is 12.0 Å². The molecular weight excluding hydrogens is 394 g/mol. The van der Waals surface area contributed by atoms with Crippen LogP contribution in [0.15, 0.2) is 48.7 Å². The van der Waals surface area contributed by atoms with Gasteiger partial charge in [0.15, 0.2) is 0 Å². The van der Waals surface area contributed by atoms with E-state index in [9.17, 15) is 9.59 Å². The van der Waals surface area contributed by atoms with Gasteiger partial charge in [0.1, 0.15) is 11.4 Å². The van der Waals surface area contributed by atoms with Gasteiger partial charge in [-0.15, -0.1) is 0 Å². The number of pyridine rings is 1. The summed E-state index contributed by atoms with van der Waals surface area (Å²) in [6.07, 6.45) is 2.81. The van der Waals surface area contributed by atoms with Gasteiger partial charge in [-0.25, -0.2) is 4.79 Å². The summed E-state index contributed by atoms with van der Waals surface area (Å²) in [5, 5.41) is 3.14. The van der Waals surface area contributed by atoms with E-state index in [1.54, 1.807) is 18.2 Å². The minimum atomic E-state index is -0.567. The first-order valence-electron chi connectivity index (χ1n) is 10.6. The van der Waals surface area contributed by atoms with Gasteiger partial charge in [-0.2, -0.15) is 0 Å². The lowest BCUT2D eigenvalue weighted by atomic mass is 9.95. The Bertz CT molecular complexity index is 895. The Balaban J connectivity index is 1.76. The first-order valence-corrected chi connectivity index (χ1v) is 10.6. The van der Waals surface area contributed by atoms with Crippen molar-refractivity contribution in [2.24, 2.45) is 5.92 Å². The van der Waals surface area contributed by atoms with E-state index in [4.69, 9.17) is 9.47 Å². The molecule has 2 aromatic rings. The van der Waals surface area contributed by atoms with Crippen molar-refractivity contribution in [2.45, 2.75) is 45.3 Å². The Hall–Kier alpha value is -3.09. The predicted octanol–water partition coefficient (Wildman–Crippen LogP) is 3.94. The number of methoxy groups -OCH3 is 1. The molecule has 2 atom stereocenters. The van der Waals surface area contributed by atoms with E-state index in [1.807, 2.05) is 63.2 Å². The molecule has 0 aliphatic carbocycles. The monoisotopic (exact) mass is 425 g/mol. The van der Waals surface area contributed by atoms with Gasteiger partial charge in [0.25, 0.3) is 0 Å². The zero-order chi connectivity index (χ0) is 22.4. The van der Waals surface area contributed by atoms with Crippen molar-refractivity contribution < 1.29 is 19.1 Å². The molecular formula is C24H31N3O4. The van der Waals surface area contributed by atoms with Gasteiger partial charge in [0.05, 0.1) is 24.8 Å². The third kappa shape index (κ3) is 6.20. The van der Waals surface area contributed by atoms with Gasteiger partial charge in [0, 0.05) is 19.3 Å². The van der Waals surface area contributed by atoms with E-state index in [0.29, 0.717) is 18.8 Å². The second-order valence-electron chi connectivity index (χ2n) is 8.74. The van der Waals surface area contributed by atoms with Gasteiger partial charge in [-0.1, -0.05) is 18.2 Å². The standard InChI is InChI=1S/C24H31N3O4/c1-24(2,3)31-23(29)27-14-8-10-18(16-27)22(28)26-21(20-12-5-6-13-25-20)17-9-7-11-19(15-17)30-4/h5-7,9,11-13,15,18,21H,8,10,14,16H2,1-4H3,(H,26,28). The maximum absolute atomic E-state index is 13.2. The van der Waals surface area contributed by atoms with Crippen LogP contribution in [0.2, 0.25) is 0 Å². The van der Waals surface area contributed by atoms with E-state index < -0.39 is 11.6 Å². The number of hydrogen-bond acceptors (Lipinski definition) is 5. The molecule has 1 N–H and O–H groups in total. The molecule has 1 fully saturated rings. The molecule has 3 rings (SSSR count). The lowest BCUT2D eigenvalue weighted by molar-refractivity contribution is -0.127. The molecule has 7 heteroatoms. The van der Waals surface area contributed by atoms with Crippen LogP contribution in [0.4, 0.5) is 4.79 Å². The fourth-order valence-corrected chi connectivity index (χ4v) is 3.64. The molecule has 1 aromatic heterocycles. The zero-order valence-electron chi connectivity index (χ0n) is 18.6. The third-order valence-electron chi connectivity index (χ3n) is 5.14. The highest BCUT2D eigenvalue weighted by molar-refractivity contribution is 5.81. The van der Waals surface area contributed by atoms with Crippen molar-refractivity contribution in [2.75, 3.05) is 20.2 Å². The number of ether oxygens (including phenoxy) is 2. The first kappa shape index (κ1) is 22.6. The number of likely N-dealkylation sites (tertiary alicyclic amines) is 1. The molecule has 2 unspecified atom stereocenters. The van der Waals surface area contributed by atoms with Crippen LogP contribution in [-0.2, 0) is 9.53 Å². The van der Waals surface area contributed by atoms with Gasteiger partial charge in [-0.3, -0.25) is 9.78 Å². The highest BCUT2D eigenvalue weighted by Crippen LogP contribution is 2.26. The number of piperidine rings is 1. The van der Waals surface area contributed by atoms with Crippen LogP contribution in [0.5, 0.6) is 5.75 Å². The van der Waals surface area contributed by atoms with E-state index in [1.165, 1.54) is 0 Å². The molecule has 166 valence electrons. The van der Waals surface area contributed by atoms with Crippen LogP contribution in [0.3, 0.4) is 0 Å². The van der Waals surface area contributed by atoms with Crippen LogP contribution in [0, 0.1) is 5.92 Å². The summed E-state index contributed by atoms with van der Waals surface area (Å²) < 4.78 is 10.8. The van der Waals surface area contributed by atoms with Crippen molar-refractivity contribution in [3.8, 4) is 5.75 Å². The van der Waals surface area contributed by atoms with Crippen LogP contribution in [-0.4, -0.2) is 47.7 Å². The number of benzene rings is 1. The number of hydrogen-bond donors (Lipinski definition) is 1. The zero-order valence-corrected chi connectivity index (χ0v) is 18.6. The highest BCUT2D eigenvalue weighted by Gasteiger charge is 2.32. The molecule has 1 aliphatic heterocycles. The van der Waals surface area contributed by atoms with Crippen LogP contribution >= 0.6 is 0 Å². The smallest absolute Gasteiger partial charge is 0.410 e. The summed E-state index contributed by atoms with van der Waals surface area (Å²) in [6.45, 7) is 6.45. The van der Waals surface area contributed by atoms with E-state index in [0.717, 1.165) is 24.1 Å². The summed E-state index contributed by atoms with van der Waals surface area (Å²) in [4.78, 5) is 31.8. The molecule has 1 saturated heterocycles. The van der Waals surface area contributed by atoms with Crippen LogP contribution in [0.25, 0.3) is 0 Å². The molecule has 1 aliphatic rings. The molecule has 0 bridgehead atoms. The van der Waals surface area contributed by atoms with Crippen molar-refractivity contribution in [3.05, 3.63) is 59.9 Å². The average molecular weight is 426 g/mol. The fourth-order valence-electron chi connectivity index (χ4n) is 3.64. The number of carbonyl (C=O) groups is 2. The number of aromatic nitrogens is 1. The minimum Gasteiger partial charge on any atom is -0.497 e. The molecule has 0 spiro atoms. The molecule has 0 radical (unpaired) electrons. The Labute approximate surface area is 183 Å². The number of carbonyl (C=O) groups excluding carboxylic acids is 2. The lowest BCUT2D eigenvalue weighted by Crippen LogP contribution is -2.47. The summed E-state index contributed by atoms with van der Waals surface area (Å²) in [5.74, 6) is 0.297. The Morgan fingerprint density at radius 1 is 1.19 bits per heavy atom. The largest absolute Gasteiger partial charge is 0.497 e. The van der Waals surface area contributed by atoms with Crippen molar-refractivity contribution in [3.63, 3.8) is 0 Å². The maximum Gasteiger partial charge on any atom is 0.410 e. The van der Waals surface area contributed by atoms with Gasteiger partial charge < -0.3 is 19.7 Å². The molecule has 2 amide bonds. The molecule has 1 aromatic carbocycles. The third-order valence-corrected chi connectivity index (χ3v) is 5.14. The summed E-state index contributed by atoms with van der Waals surface area (Å²) in [5.41, 5.74) is 1.05. The van der Waals surface area contributed by atoms with Crippen LogP contribution in [0.1, 0.15) is 50.9 Å². The Kier molecular flexibility index (Phi) is 7.15. The summed E-state index contributed by atoms with van der Waals surface area (Å²) in [7, 11) is 1.61. The fraction of sp³-hybridized carbons (Fsp3) is 0.458. The number of nitrogens with one attached hydrogen (secondary N) is 1. The normalized spacial score (nSPS) is 17.5. The topological polar surface area (TPSA) is 80.8 Å². The number of nitrogens with zero attached hydrogens (tertiary/aromatic N) is 2. The first-order chi connectivity index (χ1) is 14.8. The average Bonchev–Trinajstić information content (AvgIpc) is 2.77. The quantitative estimate of drug-likeness (QED) is 0.785.